The molecule has 1 heterocycles. The molecule has 1 fully saturated rings. The summed E-state index contributed by atoms with van der Waals surface area (Å²) in [5, 5.41) is 8.00. The average Bonchev–Trinajstić information content (AvgIpc) is 2.75. The SMILES string of the molecule is NCC1(COc2ccc3[nH]ncc3c2)CCC1. The van der Waals surface area contributed by atoms with Crippen LogP contribution in [0.15, 0.2) is 24.4 Å². The Morgan fingerprint density at radius 1 is 1.41 bits per heavy atom. The molecule has 0 unspecified atom stereocenters. The molecule has 4 heteroatoms. The van der Waals surface area contributed by atoms with Crippen LogP contribution in [-0.2, 0) is 0 Å². The lowest BCUT2D eigenvalue weighted by atomic mass is 9.69. The molecule has 1 aliphatic rings. The third kappa shape index (κ3) is 1.89. The summed E-state index contributed by atoms with van der Waals surface area (Å²) in [6.07, 6.45) is 5.47. The molecule has 1 aromatic carbocycles. The molecule has 0 bridgehead atoms. The third-order valence-corrected chi connectivity index (χ3v) is 3.80. The van der Waals surface area contributed by atoms with Crippen LogP contribution in [0.5, 0.6) is 5.75 Å². The van der Waals surface area contributed by atoms with Crippen molar-refractivity contribution >= 4 is 10.9 Å². The molecule has 1 aromatic heterocycles. The zero-order valence-electron chi connectivity index (χ0n) is 9.78. The lowest BCUT2D eigenvalue weighted by Crippen LogP contribution is -2.42. The van der Waals surface area contributed by atoms with E-state index in [2.05, 4.69) is 10.2 Å². The van der Waals surface area contributed by atoms with Gasteiger partial charge < -0.3 is 10.5 Å². The number of aromatic nitrogens is 2. The first kappa shape index (κ1) is 10.6. The highest BCUT2D eigenvalue weighted by molar-refractivity contribution is 5.79. The minimum absolute atomic E-state index is 0.228. The predicted molar refractivity (Wildman–Crippen MR) is 66.9 cm³/mol. The van der Waals surface area contributed by atoms with Gasteiger partial charge in [-0.05, 0) is 31.0 Å². The van der Waals surface area contributed by atoms with Crippen LogP contribution in [-0.4, -0.2) is 23.3 Å². The summed E-state index contributed by atoms with van der Waals surface area (Å²) in [6, 6.07) is 5.98. The van der Waals surface area contributed by atoms with Crippen LogP contribution in [0.3, 0.4) is 0 Å². The van der Waals surface area contributed by atoms with E-state index in [9.17, 15) is 0 Å². The highest BCUT2D eigenvalue weighted by atomic mass is 16.5. The number of ether oxygens (including phenoxy) is 1. The highest BCUT2D eigenvalue weighted by Crippen LogP contribution is 2.40. The van der Waals surface area contributed by atoms with E-state index in [1.165, 1.54) is 19.3 Å². The van der Waals surface area contributed by atoms with Crippen molar-refractivity contribution in [2.75, 3.05) is 13.2 Å². The van der Waals surface area contributed by atoms with Gasteiger partial charge in [0.05, 0.1) is 18.3 Å². The predicted octanol–water partition coefficient (Wildman–Crippen LogP) is 2.07. The topological polar surface area (TPSA) is 63.9 Å². The fourth-order valence-electron chi connectivity index (χ4n) is 2.33. The van der Waals surface area contributed by atoms with Crippen LogP contribution < -0.4 is 10.5 Å². The van der Waals surface area contributed by atoms with E-state index in [-0.39, 0.29) is 5.41 Å². The molecule has 0 radical (unpaired) electrons. The zero-order valence-corrected chi connectivity index (χ0v) is 9.78. The summed E-state index contributed by atoms with van der Waals surface area (Å²) in [7, 11) is 0. The molecule has 0 amide bonds. The molecule has 2 aromatic rings. The Labute approximate surface area is 100 Å². The number of nitrogens with zero attached hydrogens (tertiary/aromatic N) is 1. The molecule has 1 saturated carbocycles. The summed E-state index contributed by atoms with van der Waals surface area (Å²) >= 11 is 0. The van der Waals surface area contributed by atoms with Crippen molar-refractivity contribution in [3.05, 3.63) is 24.4 Å². The van der Waals surface area contributed by atoms with Crippen molar-refractivity contribution in [2.45, 2.75) is 19.3 Å². The van der Waals surface area contributed by atoms with E-state index in [1.807, 2.05) is 24.4 Å². The smallest absolute Gasteiger partial charge is 0.120 e. The van der Waals surface area contributed by atoms with Gasteiger partial charge in [-0.25, -0.2) is 0 Å². The minimum atomic E-state index is 0.228. The monoisotopic (exact) mass is 231 g/mol. The summed E-state index contributed by atoms with van der Waals surface area (Å²) in [5.74, 6) is 0.902. The Morgan fingerprint density at radius 2 is 2.29 bits per heavy atom. The van der Waals surface area contributed by atoms with Crippen molar-refractivity contribution in [2.24, 2.45) is 11.1 Å². The van der Waals surface area contributed by atoms with E-state index < -0.39 is 0 Å². The maximum absolute atomic E-state index is 5.86. The Kier molecular flexibility index (Phi) is 2.52. The van der Waals surface area contributed by atoms with Crippen LogP contribution in [0.2, 0.25) is 0 Å². The van der Waals surface area contributed by atoms with Crippen molar-refractivity contribution in [1.29, 1.82) is 0 Å². The van der Waals surface area contributed by atoms with E-state index in [4.69, 9.17) is 10.5 Å². The highest BCUT2D eigenvalue weighted by Gasteiger charge is 2.36. The van der Waals surface area contributed by atoms with Crippen molar-refractivity contribution in [3.63, 3.8) is 0 Å². The molecule has 0 spiro atoms. The van der Waals surface area contributed by atoms with E-state index in [1.54, 1.807) is 0 Å². The molecular formula is C13H17N3O. The van der Waals surface area contributed by atoms with Gasteiger partial charge in [-0.3, -0.25) is 5.10 Å². The van der Waals surface area contributed by atoms with Gasteiger partial charge in [-0.2, -0.15) is 5.10 Å². The lowest BCUT2D eigenvalue weighted by molar-refractivity contribution is 0.0668. The molecule has 0 saturated heterocycles. The van der Waals surface area contributed by atoms with E-state index >= 15 is 0 Å². The molecule has 17 heavy (non-hydrogen) atoms. The van der Waals surface area contributed by atoms with Gasteiger partial charge in [-0.1, -0.05) is 6.42 Å². The molecular weight excluding hydrogens is 214 g/mol. The van der Waals surface area contributed by atoms with Crippen LogP contribution in [0.4, 0.5) is 0 Å². The largest absolute Gasteiger partial charge is 0.493 e. The van der Waals surface area contributed by atoms with Crippen molar-refractivity contribution < 1.29 is 4.74 Å². The van der Waals surface area contributed by atoms with E-state index in [0.29, 0.717) is 0 Å². The standard InChI is InChI=1S/C13H17N3O/c14-8-13(4-1-5-13)9-17-11-2-3-12-10(6-11)7-15-16-12/h2-3,6-7H,1,4-5,8-9,14H2,(H,15,16). The Bertz CT molecular complexity index is 511. The van der Waals surface area contributed by atoms with Gasteiger partial charge in [0, 0.05) is 17.3 Å². The lowest BCUT2D eigenvalue weighted by Gasteiger charge is -2.40. The summed E-state index contributed by atoms with van der Waals surface area (Å²) in [5.41, 5.74) is 7.08. The Morgan fingerprint density at radius 3 is 3.00 bits per heavy atom. The molecule has 3 rings (SSSR count). The van der Waals surface area contributed by atoms with Gasteiger partial charge in [0.1, 0.15) is 5.75 Å². The number of aromatic amines is 1. The first-order chi connectivity index (χ1) is 8.31. The molecule has 0 aliphatic heterocycles. The Balaban J connectivity index is 1.71. The quantitative estimate of drug-likeness (QED) is 0.846. The second kappa shape index (κ2) is 4.04. The molecule has 4 nitrogen and oxygen atoms in total. The van der Waals surface area contributed by atoms with Gasteiger partial charge in [-0.15, -0.1) is 0 Å². The van der Waals surface area contributed by atoms with Gasteiger partial charge >= 0.3 is 0 Å². The Hall–Kier alpha value is -1.55. The van der Waals surface area contributed by atoms with Crippen LogP contribution in [0.25, 0.3) is 10.9 Å². The number of benzene rings is 1. The second-order valence-electron chi connectivity index (χ2n) is 4.97. The number of fused-ring (bicyclic) bond motifs is 1. The average molecular weight is 231 g/mol. The molecule has 0 atom stereocenters. The first-order valence-corrected chi connectivity index (χ1v) is 6.07. The number of nitrogens with one attached hydrogen (secondary N) is 1. The maximum Gasteiger partial charge on any atom is 0.120 e. The summed E-state index contributed by atoms with van der Waals surface area (Å²) in [4.78, 5) is 0. The second-order valence-corrected chi connectivity index (χ2v) is 4.97. The number of hydrogen-bond acceptors (Lipinski definition) is 3. The molecule has 1 aliphatic carbocycles. The third-order valence-electron chi connectivity index (χ3n) is 3.80. The van der Waals surface area contributed by atoms with Crippen LogP contribution in [0, 0.1) is 5.41 Å². The van der Waals surface area contributed by atoms with E-state index in [0.717, 1.165) is 29.8 Å². The zero-order chi connectivity index (χ0) is 11.7. The van der Waals surface area contributed by atoms with Crippen molar-refractivity contribution in [1.82, 2.24) is 10.2 Å². The fourth-order valence-corrected chi connectivity index (χ4v) is 2.33. The number of nitrogens with two attached hydrogens (primary N) is 1. The van der Waals surface area contributed by atoms with Gasteiger partial charge in [0.2, 0.25) is 0 Å². The summed E-state index contributed by atoms with van der Waals surface area (Å²) < 4.78 is 5.86. The van der Waals surface area contributed by atoms with Crippen LogP contribution >= 0.6 is 0 Å². The van der Waals surface area contributed by atoms with Crippen molar-refractivity contribution in [3.8, 4) is 5.75 Å². The fraction of sp³-hybridized carbons (Fsp3) is 0.462. The van der Waals surface area contributed by atoms with Gasteiger partial charge in [0.15, 0.2) is 0 Å². The van der Waals surface area contributed by atoms with Gasteiger partial charge in [0.25, 0.3) is 0 Å². The maximum atomic E-state index is 5.86. The molecule has 90 valence electrons. The van der Waals surface area contributed by atoms with Crippen LogP contribution in [0.1, 0.15) is 19.3 Å². The minimum Gasteiger partial charge on any atom is -0.493 e. The molecule has 3 N–H and O–H groups in total. The number of rotatable bonds is 4. The normalized spacial score (nSPS) is 17.9. The summed E-state index contributed by atoms with van der Waals surface area (Å²) in [6.45, 7) is 1.45. The number of hydrogen-bond donors (Lipinski definition) is 2. The number of H-pyrrole nitrogens is 1. The first-order valence-electron chi connectivity index (χ1n) is 6.07.